The molecule has 7 nitrogen and oxygen atoms in total. The van der Waals surface area contributed by atoms with Crippen LogP contribution in [0.3, 0.4) is 0 Å². The maximum absolute atomic E-state index is 13.4. The van der Waals surface area contributed by atoms with Crippen LogP contribution < -0.4 is 10.4 Å². The van der Waals surface area contributed by atoms with Crippen molar-refractivity contribution in [1.82, 2.24) is 0 Å². The number of allylic oxidation sites excluding steroid dienone is 2. The molecule has 3 saturated carbocycles. The van der Waals surface area contributed by atoms with Crippen molar-refractivity contribution in [1.29, 1.82) is 0 Å². The van der Waals surface area contributed by atoms with Gasteiger partial charge in [-0.05, 0) is 84.0 Å². The van der Waals surface area contributed by atoms with Crippen molar-refractivity contribution < 1.29 is 33.0 Å². The Labute approximate surface area is 305 Å². The SMILES string of the molecule is CC(=O)O[C@H]1CC[C@@]2(C)[C@@H](CC[C@H]3C4=CC=C(C(C)=O)[C@@]4(COCCO[Si](c4ccccc4)(c4ccccc4)C(C)(C)C)[C@@H](OC(C)=O)C[C@@H]32)C1. The number of benzene rings is 2. The Morgan fingerprint density at radius 2 is 1.43 bits per heavy atom. The van der Waals surface area contributed by atoms with Gasteiger partial charge in [-0.15, -0.1) is 0 Å². The van der Waals surface area contributed by atoms with E-state index < -0.39 is 19.8 Å². The van der Waals surface area contributed by atoms with Crippen LogP contribution in [0.1, 0.15) is 87.0 Å². The monoisotopic (exact) mass is 712 g/mol. The lowest BCUT2D eigenvalue weighted by atomic mass is 9.45. The molecule has 0 saturated heterocycles. The predicted octanol–water partition coefficient (Wildman–Crippen LogP) is 7.12. The molecule has 0 spiro atoms. The molecule has 0 aliphatic heterocycles. The summed E-state index contributed by atoms with van der Waals surface area (Å²) in [6.07, 6.45) is 8.87. The summed E-state index contributed by atoms with van der Waals surface area (Å²) < 4.78 is 25.7. The van der Waals surface area contributed by atoms with Crippen LogP contribution in [-0.2, 0) is 33.0 Å². The highest BCUT2D eigenvalue weighted by molar-refractivity contribution is 6.99. The lowest BCUT2D eigenvalue weighted by molar-refractivity contribution is -0.170. The molecule has 4 aliphatic rings. The van der Waals surface area contributed by atoms with E-state index in [0.29, 0.717) is 31.1 Å². The summed E-state index contributed by atoms with van der Waals surface area (Å²) in [5.74, 6) is 0.346. The van der Waals surface area contributed by atoms with Crippen LogP contribution in [0, 0.1) is 28.6 Å². The zero-order valence-corrected chi connectivity index (χ0v) is 32.5. The number of esters is 2. The summed E-state index contributed by atoms with van der Waals surface area (Å²) in [6, 6.07) is 21.2. The Balaban J connectivity index is 1.26. The maximum Gasteiger partial charge on any atom is 0.302 e. The van der Waals surface area contributed by atoms with Crippen LogP contribution >= 0.6 is 0 Å². The molecule has 0 N–H and O–H groups in total. The second kappa shape index (κ2) is 14.6. The van der Waals surface area contributed by atoms with Gasteiger partial charge in [0.15, 0.2) is 5.78 Å². The Hall–Kier alpha value is -3.33. The highest BCUT2D eigenvalue weighted by atomic mass is 28.4. The van der Waals surface area contributed by atoms with E-state index in [1.165, 1.54) is 29.8 Å². The van der Waals surface area contributed by atoms with Crippen LogP contribution in [0.4, 0.5) is 0 Å². The fourth-order valence-corrected chi connectivity index (χ4v) is 15.2. The van der Waals surface area contributed by atoms with Crippen LogP contribution in [0.2, 0.25) is 5.04 Å². The smallest absolute Gasteiger partial charge is 0.302 e. The largest absolute Gasteiger partial charge is 0.463 e. The molecule has 8 heteroatoms. The molecule has 3 fully saturated rings. The molecule has 51 heavy (non-hydrogen) atoms. The van der Waals surface area contributed by atoms with E-state index >= 15 is 0 Å². The fourth-order valence-electron chi connectivity index (χ4n) is 10.7. The van der Waals surface area contributed by atoms with Crippen molar-refractivity contribution in [2.75, 3.05) is 19.8 Å². The first-order chi connectivity index (χ1) is 24.2. The minimum absolute atomic E-state index is 0.00836. The van der Waals surface area contributed by atoms with Gasteiger partial charge < -0.3 is 18.6 Å². The average Bonchev–Trinajstić information content (AvgIpc) is 3.48. The molecular formula is C43H56O7Si. The summed E-state index contributed by atoms with van der Waals surface area (Å²) in [6.45, 7) is 14.7. The lowest BCUT2D eigenvalue weighted by Gasteiger charge is -2.61. The number of carbonyl (C=O) groups excluding carboxylic acids is 3. The Morgan fingerprint density at radius 3 is 2.00 bits per heavy atom. The number of rotatable bonds is 11. The first-order valence-corrected chi connectivity index (χ1v) is 20.8. The van der Waals surface area contributed by atoms with Crippen molar-refractivity contribution in [3.8, 4) is 0 Å². The van der Waals surface area contributed by atoms with Crippen LogP contribution in [0.15, 0.2) is 84.0 Å². The summed E-state index contributed by atoms with van der Waals surface area (Å²) >= 11 is 0. The van der Waals surface area contributed by atoms with Gasteiger partial charge in [0.2, 0.25) is 0 Å². The molecule has 0 unspecified atom stereocenters. The van der Waals surface area contributed by atoms with Gasteiger partial charge >= 0.3 is 11.9 Å². The number of carbonyl (C=O) groups is 3. The Kier molecular flexibility index (Phi) is 10.7. The lowest BCUT2D eigenvalue weighted by Crippen LogP contribution is -2.66. The minimum Gasteiger partial charge on any atom is -0.463 e. The number of fused-ring (bicyclic) bond motifs is 5. The van der Waals surface area contributed by atoms with E-state index in [-0.39, 0.29) is 52.7 Å². The van der Waals surface area contributed by atoms with E-state index in [2.05, 4.69) is 82.3 Å². The van der Waals surface area contributed by atoms with Crippen LogP contribution in [-0.4, -0.2) is 58.1 Å². The summed E-state index contributed by atoms with van der Waals surface area (Å²) in [4.78, 5) is 38.0. The third kappa shape index (κ3) is 6.72. The molecule has 0 aromatic heterocycles. The van der Waals surface area contributed by atoms with E-state index in [4.69, 9.17) is 18.6 Å². The highest BCUT2D eigenvalue weighted by Gasteiger charge is 2.63. The van der Waals surface area contributed by atoms with Gasteiger partial charge in [0, 0.05) is 19.4 Å². The number of Topliss-reactive ketones (excluding diaryl/α,β-unsaturated/α-hetero) is 1. The number of ketones is 1. The number of hydrogen-bond donors (Lipinski definition) is 0. The molecule has 0 bridgehead atoms. The Morgan fingerprint density at radius 1 is 0.804 bits per heavy atom. The van der Waals surface area contributed by atoms with E-state index in [0.717, 1.165) is 32.1 Å². The molecule has 0 amide bonds. The second-order valence-corrected chi connectivity index (χ2v) is 20.9. The third-order valence-electron chi connectivity index (χ3n) is 12.8. The van der Waals surface area contributed by atoms with Crippen molar-refractivity contribution in [2.24, 2.45) is 28.6 Å². The molecular weight excluding hydrogens is 657 g/mol. The average molecular weight is 713 g/mol. The fraction of sp³-hybridized carbons (Fsp3) is 0.558. The number of hydrogen-bond acceptors (Lipinski definition) is 7. The first-order valence-electron chi connectivity index (χ1n) is 18.8. The van der Waals surface area contributed by atoms with E-state index in [1.807, 2.05) is 18.2 Å². The normalized spacial score (nSPS) is 30.2. The minimum atomic E-state index is -2.75. The summed E-state index contributed by atoms with van der Waals surface area (Å²) in [5.41, 5.74) is 1.01. The zero-order valence-electron chi connectivity index (χ0n) is 31.5. The van der Waals surface area contributed by atoms with Crippen molar-refractivity contribution in [3.63, 3.8) is 0 Å². The topological polar surface area (TPSA) is 88.1 Å². The van der Waals surface area contributed by atoms with Gasteiger partial charge in [-0.3, -0.25) is 14.4 Å². The molecule has 6 rings (SSSR count). The van der Waals surface area contributed by atoms with Crippen molar-refractivity contribution in [3.05, 3.63) is 84.0 Å². The Bertz CT molecular complexity index is 1620. The molecule has 2 aromatic carbocycles. The summed E-state index contributed by atoms with van der Waals surface area (Å²) in [5, 5.41) is 2.26. The predicted molar refractivity (Wildman–Crippen MR) is 201 cm³/mol. The van der Waals surface area contributed by atoms with Crippen LogP contribution in [0.5, 0.6) is 0 Å². The molecule has 0 radical (unpaired) electrons. The highest BCUT2D eigenvalue weighted by Crippen LogP contribution is 2.66. The van der Waals surface area contributed by atoms with Gasteiger partial charge in [0.05, 0.1) is 25.2 Å². The zero-order chi connectivity index (χ0) is 36.6. The molecule has 4 aliphatic carbocycles. The maximum atomic E-state index is 13.4. The van der Waals surface area contributed by atoms with Gasteiger partial charge in [0.1, 0.15) is 12.2 Å². The van der Waals surface area contributed by atoms with Crippen molar-refractivity contribution >= 4 is 36.4 Å². The quantitative estimate of drug-likeness (QED) is 0.139. The molecule has 7 atom stereocenters. The molecule has 274 valence electrons. The number of ether oxygens (including phenoxy) is 3. The molecule has 0 heterocycles. The van der Waals surface area contributed by atoms with Gasteiger partial charge in [0.25, 0.3) is 8.32 Å². The van der Waals surface area contributed by atoms with E-state index in [1.54, 1.807) is 6.92 Å². The summed E-state index contributed by atoms with van der Waals surface area (Å²) in [7, 11) is -2.75. The van der Waals surface area contributed by atoms with Gasteiger partial charge in [-0.1, -0.05) is 106 Å². The molecule has 2 aromatic rings. The van der Waals surface area contributed by atoms with E-state index in [9.17, 15) is 14.4 Å². The van der Waals surface area contributed by atoms with Gasteiger partial charge in [-0.2, -0.15) is 0 Å². The second-order valence-electron chi connectivity index (χ2n) is 16.6. The van der Waals surface area contributed by atoms with Gasteiger partial charge in [-0.25, -0.2) is 0 Å². The van der Waals surface area contributed by atoms with Crippen LogP contribution in [0.25, 0.3) is 0 Å². The van der Waals surface area contributed by atoms with Crippen molar-refractivity contribution in [2.45, 2.75) is 104 Å². The standard InChI is InChI=1S/C43H56O7Si/c1-29(44)37-20-21-38-36-19-18-32-26-33(49-30(2)45)22-23-42(32,7)39(36)27-40(50-31(3)46)43(37,38)28-47-24-25-48-51(41(4,5)6,34-14-10-8-11-15-34)35-16-12-9-13-17-35/h8-17,20-21,32-33,36,39-40H,18-19,22-28H2,1-7H3/t32-,33-,36-,39-,40-,42-,43+/m0/s1. The first kappa shape index (κ1) is 37.4. The third-order valence-corrected chi connectivity index (χ3v) is 17.8.